The van der Waals surface area contributed by atoms with Crippen molar-refractivity contribution >= 4 is 34.7 Å². The normalized spacial score (nSPS) is 21.3. The standard InChI is InChI=1S/C19H19F3N4OS/c20-19(21,22)11-8-13(26-18(27)10-5-6-24-16(23)7-10)17-15(9-11)28-14-4-2-1-3-12(14)25-17/h1-4,8-10,16,24-25H,5-7,23H2,(H,26,27). The Morgan fingerprint density at radius 3 is 2.75 bits per heavy atom. The second kappa shape index (κ2) is 7.31. The van der Waals surface area contributed by atoms with Crippen LogP contribution in [0.4, 0.5) is 30.2 Å². The molecule has 2 aliphatic heterocycles. The van der Waals surface area contributed by atoms with Gasteiger partial charge < -0.3 is 21.7 Å². The van der Waals surface area contributed by atoms with E-state index in [1.54, 1.807) is 0 Å². The highest BCUT2D eigenvalue weighted by Crippen LogP contribution is 2.49. The molecule has 2 unspecified atom stereocenters. The SMILES string of the molecule is NC1CC(C(=O)Nc2cc(C(F)(F)F)cc3c2Nc2ccccc2S3)CCN1. The first-order valence-electron chi connectivity index (χ1n) is 8.90. The van der Waals surface area contributed by atoms with E-state index in [0.29, 0.717) is 30.0 Å². The summed E-state index contributed by atoms with van der Waals surface area (Å²) in [7, 11) is 0. The first-order valence-corrected chi connectivity index (χ1v) is 9.72. The molecule has 2 aromatic carbocycles. The maximum absolute atomic E-state index is 13.4. The number of hydrogen-bond acceptors (Lipinski definition) is 5. The summed E-state index contributed by atoms with van der Waals surface area (Å²) in [5, 5.41) is 8.92. The Labute approximate surface area is 164 Å². The molecule has 0 radical (unpaired) electrons. The maximum Gasteiger partial charge on any atom is 0.416 e. The Morgan fingerprint density at radius 1 is 1.21 bits per heavy atom. The van der Waals surface area contributed by atoms with Gasteiger partial charge in [0.05, 0.1) is 28.8 Å². The van der Waals surface area contributed by atoms with Crippen LogP contribution in [-0.4, -0.2) is 18.6 Å². The summed E-state index contributed by atoms with van der Waals surface area (Å²) >= 11 is 1.25. The first-order chi connectivity index (χ1) is 13.3. The van der Waals surface area contributed by atoms with Crippen molar-refractivity contribution in [2.45, 2.75) is 35.0 Å². The highest BCUT2D eigenvalue weighted by Gasteiger charge is 2.34. The second-order valence-electron chi connectivity index (χ2n) is 6.89. The number of amides is 1. The fraction of sp³-hybridized carbons (Fsp3) is 0.316. The van der Waals surface area contributed by atoms with Crippen molar-refractivity contribution in [1.29, 1.82) is 0 Å². The predicted octanol–water partition coefficient (Wildman–Crippen LogP) is 4.14. The zero-order valence-corrected chi connectivity index (χ0v) is 15.6. The fourth-order valence-electron chi connectivity index (χ4n) is 3.42. The summed E-state index contributed by atoms with van der Waals surface area (Å²) in [4.78, 5) is 13.9. The minimum absolute atomic E-state index is 0.129. The van der Waals surface area contributed by atoms with Gasteiger partial charge in [0.25, 0.3) is 0 Å². The minimum atomic E-state index is -4.51. The van der Waals surface area contributed by atoms with E-state index < -0.39 is 11.7 Å². The number of halogens is 3. The van der Waals surface area contributed by atoms with E-state index in [2.05, 4.69) is 16.0 Å². The molecule has 2 heterocycles. The lowest BCUT2D eigenvalue weighted by Gasteiger charge is -2.28. The van der Waals surface area contributed by atoms with Crippen LogP contribution in [0.5, 0.6) is 0 Å². The number of nitrogens with two attached hydrogens (primary N) is 1. The zero-order valence-electron chi connectivity index (χ0n) is 14.8. The van der Waals surface area contributed by atoms with E-state index in [1.165, 1.54) is 11.8 Å². The van der Waals surface area contributed by atoms with Crippen LogP contribution >= 0.6 is 11.8 Å². The Balaban J connectivity index is 1.69. The molecular formula is C19H19F3N4OS. The molecule has 2 aromatic rings. The van der Waals surface area contributed by atoms with Crippen LogP contribution in [0.25, 0.3) is 0 Å². The molecule has 4 rings (SSSR count). The minimum Gasteiger partial charge on any atom is -0.352 e. The van der Waals surface area contributed by atoms with Gasteiger partial charge in [-0.25, -0.2) is 0 Å². The number of carbonyl (C=O) groups excluding carboxylic acids is 1. The third-order valence-electron chi connectivity index (χ3n) is 4.86. The molecule has 28 heavy (non-hydrogen) atoms. The van der Waals surface area contributed by atoms with Gasteiger partial charge in [0.15, 0.2) is 0 Å². The molecule has 1 fully saturated rings. The van der Waals surface area contributed by atoms with Crippen LogP contribution in [0, 0.1) is 5.92 Å². The summed E-state index contributed by atoms with van der Waals surface area (Å²) in [5.74, 6) is -0.658. The Kier molecular flexibility index (Phi) is 4.98. The van der Waals surface area contributed by atoms with Crippen LogP contribution in [-0.2, 0) is 11.0 Å². The Hall–Kier alpha value is -2.23. The lowest BCUT2D eigenvalue weighted by atomic mass is 9.95. The molecule has 1 saturated heterocycles. The van der Waals surface area contributed by atoms with Crippen molar-refractivity contribution in [2.24, 2.45) is 11.7 Å². The Morgan fingerprint density at radius 2 is 2.00 bits per heavy atom. The molecule has 2 atom stereocenters. The van der Waals surface area contributed by atoms with E-state index in [0.717, 1.165) is 22.7 Å². The largest absolute Gasteiger partial charge is 0.416 e. The Bertz CT molecular complexity index is 919. The van der Waals surface area contributed by atoms with Gasteiger partial charge in [-0.05, 0) is 43.7 Å². The smallest absolute Gasteiger partial charge is 0.352 e. The van der Waals surface area contributed by atoms with E-state index in [1.807, 2.05) is 24.3 Å². The number of para-hydroxylation sites is 1. The van der Waals surface area contributed by atoms with Crippen LogP contribution in [0.1, 0.15) is 18.4 Å². The topological polar surface area (TPSA) is 79.2 Å². The number of fused-ring (bicyclic) bond motifs is 2. The van der Waals surface area contributed by atoms with Crippen molar-refractivity contribution in [1.82, 2.24) is 5.32 Å². The van der Waals surface area contributed by atoms with Gasteiger partial charge in [-0.15, -0.1) is 0 Å². The molecule has 2 aliphatic rings. The monoisotopic (exact) mass is 408 g/mol. The molecule has 1 amide bonds. The lowest BCUT2D eigenvalue weighted by Crippen LogP contribution is -2.46. The summed E-state index contributed by atoms with van der Waals surface area (Å²) in [6.45, 7) is 0.599. The number of anilines is 3. The lowest BCUT2D eigenvalue weighted by molar-refractivity contribution is -0.137. The molecule has 0 aliphatic carbocycles. The molecular weight excluding hydrogens is 389 g/mol. The summed E-state index contributed by atoms with van der Waals surface area (Å²) in [6.07, 6.45) is -3.77. The van der Waals surface area contributed by atoms with Crippen molar-refractivity contribution in [3.05, 3.63) is 42.0 Å². The zero-order chi connectivity index (χ0) is 19.9. The third kappa shape index (κ3) is 3.82. The molecule has 0 spiro atoms. The average molecular weight is 408 g/mol. The van der Waals surface area contributed by atoms with Gasteiger partial charge in [-0.3, -0.25) is 4.79 Å². The average Bonchev–Trinajstić information content (AvgIpc) is 2.65. The number of rotatable bonds is 2. The second-order valence-corrected chi connectivity index (χ2v) is 7.97. The number of hydrogen-bond donors (Lipinski definition) is 4. The summed E-state index contributed by atoms with van der Waals surface area (Å²) < 4.78 is 40.2. The van der Waals surface area contributed by atoms with Crippen molar-refractivity contribution in [3.63, 3.8) is 0 Å². The molecule has 9 heteroatoms. The van der Waals surface area contributed by atoms with Gasteiger partial charge in [0.1, 0.15) is 0 Å². The van der Waals surface area contributed by atoms with Crippen molar-refractivity contribution < 1.29 is 18.0 Å². The molecule has 0 aromatic heterocycles. The van der Waals surface area contributed by atoms with Crippen LogP contribution in [0.2, 0.25) is 0 Å². The van der Waals surface area contributed by atoms with Crippen LogP contribution in [0.15, 0.2) is 46.2 Å². The molecule has 0 bridgehead atoms. The molecule has 5 nitrogen and oxygen atoms in total. The maximum atomic E-state index is 13.4. The number of carbonyl (C=O) groups is 1. The van der Waals surface area contributed by atoms with Gasteiger partial charge in [-0.2, -0.15) is 13.2 Å². The number of piperidine rings is 1. The van der Waals surface area contributed by atoms with E-state index in [9.17, 15) is 18.0 Å². The van der Waals surface area contributed by atoms with E-state index in [-0.39, 0.29) is 23.7 Å². The van der Waals surface area contributed by atoms with E-state index >= 15 is 0 Å². The quantitative estimate of drug-likeness (QED) is 0.513. The van der Waals surface area contributed by atoms with Crippen LogP contribution in [0.3, 0.4) is 0 Å². The molecule has 5 N–H and O–H groups in total. The van der Waals surface area contributed by atoms with Gasteiger partial charge in [-0.1, -0.05) is 23.9 Å². The number of nitrogens with one attached hydrogen (secondary N) is 3. The third-order valence-corrected chi connectivity index (χ3v) is 5.98. The highest BCUT2D eigenvalue weighted by molar-refractivity contribution is 7.99. The number of benzene rings is 2. The summed E-state index contributed by atoms with van der Waals surface area (Å²) in [6, 6.07) is 9.45. The molecule has 0 saturated carbocycles. The fourth-order valence-corrected chi connectivity index (χ4v) is 4.48. The summed E-state index contributed by atoms with van der Waals surface area (Å²) in [5.41, 5.74) is 6.45. The molecule has 148 valence electrons. The van der Waals surface area contributed by atoms with Gasteiger partial charge >= 0.3 is 6.18 Å². The highest BCUT2D eigenvalue weighted by atomic mass is 32.2. The van der Waals surface area contributed by atoms with E-state index in [4.69, 9.17) is 5.73 Å². The van der Waals surface area contributed by atoms with Crippen molar-refractivity contribution in [3.8, 4) is 0 Å². The first kappa shape index (κ1) is 19.1. The van der Waals surface area contributed by atoms with Crippen LogP contribution < -0.4 is 21.7 Å². The van der Waals surface area contributed by atoms with Crippen molar-refractivity contribution in [2.75, 3.05) is 17.2 Å². The van der Waals surface area contributed by atoms with Gasteiger partial charge in [0, 0.05) is 15.7 Å². The number of alkyl halides is 3. The van der Waals surface area contributed by atoms with Gasteiger partial charge in [0.2, 0.25) is 5.91 Å². The predicted molar refractivity (Wildman–Crippen MR) is 103 cm³/mol.